The minimum absolute atomic E-state index is 0.130. The van der Waals surface area contributed by atoms with E-state index < -0.39 is 18.0 Å². The lowest BCUT2D eigenvalue weighted by Crippen LogP contribution is -2.40. The molecule has 112 valence electrons. The van der Waals surface area contributed by atoms with Crippen LogP contribution < -0.4 is 4.74 Å². The minimum Gasteiger partial charge on any atom is -0.481 e. The molecule has 1 N–H and O–H groups in total. The Hall–Kier alpha value is -1.62. The fourth-order valence-corrected chi connectivity index (χ4v) is 1.97. The average molecular weight is 283 g/mol. The van der Waals surface area contributed by atoms with E-state index in [0.717, 1.165) is 0 Å². The van der Waals surface area contributed by atoms with Crippen molar-refractivity contribution in [3.63, 3.8) is 0 Å². The third-order valence-electron chi connectivity index (χ3n) is 3.16. The standard InChI is InChI=1S/C15H22FNO3/c1-5-17(6-2)15(19)11(4)20-12-7-8-13(10(3)18)14(16)9-12/h7-11,18H,5-6H2,1-4H3/t10-,11?/m0/s1. The topological polar surface area (TPSA) is 49.8 Å². The number of amides is 1. The van der Waals surface area contributed by atoms with Gasteiger partial charge in [0.05, 0.1) is 6.10 Å². The van der Waals surface area contributed by atoms with Gasteiger partial charge < -0.3 is 14.7 Å². The Morgan fingerprint density at radius 1 is 1.35 bits per heavy atom. The van der Waals surface area contributed by atoms with E-state index in [9.17, 15) is 14.3 Å². The van der Waals surface area contributed by atoms with Gasteiger partial charge in [-0.2, -0.15) is 0 Å². The summed E-state index contributed by atoms with van der Waals surface area (Å²) < 4.78 is 19.2. The van der Waals surface area contributed by atoms with Gasteiger partial charge in [0.2, 0.25) is 0 Å². The molecule has 0 bridgehead atoms. The molecule has 0 saturated heterocycles. The number of aliphatic hydroxyl groups excluding tert-OH is 1. The molecule has 0 aliphatic heterocycles. The third kappa shape index (κ3) is 3.93. The number of benzene rings is 1. The highest BCUT2D eigenvalue weighted by Crippen LogP contribution is 2.22. The van der Waals surface area contributed by atoms with Gasteiger partial charge in [0.25, 0.3) is 5.91 Å². The van der Waals surface area contributed by atoms with E-state index in [1.807, 2.05) is 13.8 Å². The molecule has 2 atom stereocenters. The first-order chi connectivity index (χ1) is 9.40. The number of ether oxygens (including phenoxy) is 1. The van der Waals surface area contributed by atoms with Crippen molar-refractivity contribution in [1.82, 2.24) is 4.90 Å². The van der Waals surface area contributed by atoms with Crippen LogP contribution in [0.25, 0.3) is 0 Å². The first-order valence-corrected chi connectivity index (χ1v) is 6.83. The van der Waals surface area contributed by atoms with Crippen molar-refractivity contribution in [1.29, 1.82) is 0 Å². The highest BCUT2D eigenvalue weighted by Gasteiger charge is 2.20. The monoisotopic (exact) mass is 283 g/mol. The van der Waals surface area contributed by atoms with E-state index in [0.29, 0.717) is 13.1 Å². The highest BCUT2D eigenvalue weighted by atomic mass is 19.1. The summed E-state index contributed by atoms with van der Waals surface area (Å²) in [5.74, 6) is -0.394. The summed E-state index contributed by atoms with van der Waals surface area (Å²) >= 11 is 0. The number of carbonyl (C=O) groups excluding carboxylic acids is 1. The molecule has 0 heterocycles. The van der Waals surface area contributed by atoms with Crippen LogP contribution in [0.4, 0.5) is 4.39 Å². The molecule has 4 nitrogen and oxygen atoms in total. The first-order valence-electron chi connectivity index (χ1n) is 6.83. The lowest BCUT2D eigenvalue weighted by atomic mass is 10.1. The summed E-state index contributed by atoms with van der Waals surface area (Å²) in [4.78, 5) is 13.7. The quantitative estimate of drug-likeness (QED) is 0.872. The normalized spacial score (nSPS) is 13.7. The van der Waals surface area contributed by atoms with Crippen molar-refractivity contribution < 1.29 is 19.0 Å². The molecule has 0 radical (unpaired) electrons. The van der Waals surface area contributed by atoms with E-state index in [-0.39, 0.29) is 17.2 Å². The van der Waals surface area contributed by atoms with Crippen molar-refractivity contribution >= 4 is 5.91 Å². The molecule has 0 aliphatic carbocycles. The first kappa shape index (κ1) is 16.4. The molecule has 1 aromatic rings. The zero-order chi connectivity index (χ0) is 15.3. The van der Waals surface area contributed by atoms with Crippen LogP contribution >= 0.6 is 0 Å². The van der Waals surface area contributed by atoms with E-state index in [1.165, 1.54) is 19.1 Å². The van der Waals surface area contributed by atoms with Crippen molar-refractivity contribution in [3.8, 4) is 5.75 Å². The zero-order valence-electron chi connectivity index (χ0n) is 12.4. The number of likely N-dealkylation sites (N-methyl/N-ethyl adjacent to an activating group) is 1. The molecule has 1 aromatic carbocycles. The van der Waals surface area contributed by atoms with Gasteiger partial charge in [-0.25, -0.2) is 4.39 Å². The van der Waals surface area contributed by atoms with Gasteiger partial charge in [-0.1, -0.05) is 0 Å². The third-order valence-corrected chi connectivity index (χ3v) is 3.16. The molecule has 0 saturated carbocycles. The zero-order valence-corrected chi connectivity index (χ0v) is 12.4. The maximum absolute atomic E-state index is 13.7. The molecule has 0 spiro atoms. The Labute approximate surface area is 119 Å². The smallest absolute Gasteiger partial charge is 0.263 e. The summed E-state index contributed by atoms with van der Waals surface area (Å²) in [7, 11) is 0. The fourth-order valence-electron chi connectivity index (χ4n) is 1.97. The Morgan fingerprint density at radius 2 is 1.95 bits per heavy atom. The Morgan fingerprint density at radius 3 is 2.40 bits per heavy atom. The largest absolute Gasteiger partial charge is 0.481 e. The van der Waals surface area contributed by atoms with Crippen LogP contribution in [0.5, 0.6) is 5.75 Å². The summed E-state index contributed by atoms with van der Waals surface area (Å²) in [6, 6.07) is 4.20. The van der Waals surface area contributed by atoms with Crippen molar-refractivity contribution in [2.24, 2.45) is 0 Å². The van der Waals surface area contributed by atoms with E-state index in [1.54, 1.807) is 17.9 Å². The summed E-state index contributed by atoms with van der Waals surface area (Å²) in [5, 5.41) is 9.36. The van der Waals surface area contributed by atoms with E-state index in [2.05, 4.69) is 0 Å². The second kappa shape index (κ2) is 7.24. The number of nitrogens with zero attached hydrogens (tertiary/aromatic N) is 1. The molecule has 0 fully saturated rings. The Balaban J connectivity index is 2.78. The van der Waals surface area contributed by atoms with Crippen LogP contribution in [0, 0.1) is 5.82 Å². The number of carbonyl (C=O) groups is 1. The number of hydrogen-bond acceptors (Lipinski definition) is 3. The Bertz CT molecular complexity index is 458. The number of halogens is 1. The molecule has 20 heavy (non-hydrogen) atoms. The number of hydrogen-bond donors (Lipinski definition) is 1. The lowest BCUT2D eigenvalue weighted by Gasteiger charge is -2.23. The minimum atomic E-state index is -0.876. The molecule has 1 amide bonds. The van der Waals surface area contributed by atoms with Crippen LogP contribution in [-0.4, -0.2) is 35.1 Å². The predicted octanol–water partition coefficient (Wildman–Crippen LogP) is 2.51. The molecule has 5 heteroatoms. The summed E-state index contributed by atoms with van der Waals surface area (Å²) in [5.41, 5.74) is 0.208. The predicted molar refractivity (Wildman–Crippen MR) is 75.1 cm³/mol. The van der Waals surface area contributed by atoms with Gasteiger partial charge in [0.15, 0.2) is 6.10 Å². The number of aliphatic hydroxyl groups is 1. The van der Waals surface area contributed by atoms with Crippen LogP contribution in [0.3, 0.4) is 0 Å². The van der Waals surface area contributed by atoms with Crippen LogP contribution in [0.15, 0.2) is 18.2 Å². The molecule has 0 aromatic heterocycles. The second-order valence-corrected chi connectivity index (χ2v) is 4.63. The molecular formula is C15H22FNO3. The van der Waals surface area contributed by atoms with Gasteiger partial charge in [-0.15, -0.1) is 0 Å². The van der Waals surface area contributed by atoms with Gasteiger partial charge in [0, 0.05) is 24.7 Å². The summed E-state index contributed by atoms with van der Waals surface area (Å²) in [6.07, 6.45) is -1.55. The molecular weight excluding hydrogens is 261 g/mol. The maximum Gasteiger partial charge on any atom is 0.263 e. The van der Waals surface area contributed by atoms with Gasteiger partial charge >= 0.3 is 0 Å². The van der Waals surface area contributed by atoms with Crippen LogP contribution in [-0.2, 0) is 4.79 Å². The highest BCUT2D eigenvalue weighted by molar-refractivity contribution is 5.80. The van der Waals surface area contributed by atoms with Gasteiger partial charge in [-0.05, 0) is 39.8 Å². The number of rotatable bonds is 6. The summed E-state index contributed by atoms with van der Waals surface area (Å²) in [6.45, 7) is 8.14. The molecule has 1 rings (SSSR count). The van der Waals surface area contributed by atoms with Crippen molar-refractivity contribution in [2.75, 3.05) is 13.1 Å². The van der Waals surface area contributed by atoms with Crippen LogP contribution in [0.1, 0.15) is 39.4 Å². The van der Waals surface area contributed by atoms with E-state index in [4.69, 9.17) is 4.74 Å². The fraction of sp³-hybridized carbons (Fsp3) is 0.533. The van der Waals surface area contributed by atoms with Crippen molar-refractivity contribution in [3.05, 3.63) is 29.6 Å². The van der Waals surface area contributed by atoms with Gasteiger partial charge in [-0.3, -0.25) is 4.79 Å². The van der Waals surface area contributed by atoms with Gasteiger partial charge in [0.1, 0.15) is 11.6 Å². The molecule has 1 unspecified atom stereocenters. The maximum atomic E-state index is 13.7. The van der Waals surface area contributed by atoms with Crippen molar-refractivity contribution in [2.45, 2.75) is 39.9 Å². The Kier molecular flexibility index (Phi) is 5.95. The van der Waals surface area contributed by atoms with Crippen LogP contribution in [0.2, 0.25) is 0 Å². The molecule has 0 aliphatic rings. The van der Waals surface area contributed by atoms with E-state index >= 15 is 0 Å². The SMILES string of the molecule is CCN(CC)C(=O)C(C)Oc1ccc([C@H](C)O)c(F)c1. The lowest BCUT2D eigenvalue weighted by molar-refractivity contribution is -0.137. The second-order valence-electron chi connectivity index (χ2n) is 4.63. The average Bonchev–Trinajstić information content (AvgIpc) is 2.39.